The van der Waals surface area contributed by atoms with E-state index in [1.165, 1.54) is 0 Å². The van der Waals surface area contributed by atoms with Gasteiger partial charge in [0, 0.05) is 10.9 Å². The SMILES string of the molecule is COc1cccc(-c2c(N)c3nnc(C)n3c3ccccc23)c1. The minimum Gasteiger partial charge on any atom is -0.497 e. The third-order valence-electron chi connectivity index (χ3n) is 4.11. The first-order chi connectivity index (χ1) is 11.2. The maximum Gasteiger partial charge on any atom is 0.185 e. The molecular formula is C18H16N4O. The van der Waals surface area contributed by atoms with E-state index in [-0.39, 0.29) is 0 Å². The lowest BCUT2D eigenvalue weighted by atomic mass is 9.99. The topological polar surface area (TPSA) is 65.4 Å². The van der Waals surface area contributed by atoms with E-state index in [0.29, 0.717) is 11.3 Å². The van der Waals surface area contributed by atoms with Crippen molar-refractivity contribution in [2.45, 2.75) is 6.92 Å². The Morgan fingerprint density at radius 3 is 2.70 bits per heavy atom. The van der Waals surface area contributed by atoms with Crippen molar-refractivity contribution in [1.82, 2.24) is 14.6 Å². The first-order valence-corrected chi connectivity index (χ1v) is 7.37. The molecule has 0 aliphatic carbocycles. The van der Waals surface area contributed by atoms with Gasteiger partial charge >= 0.3 is 0 Å². The van der Waals surface area contributed by atoms with E-state index < -0.39 is 0 Å². The van der Waals surface area contributed by atoms with Gasteiger partial charge in [0.2, 0.25) is 0 Å². The zero-order chi connectivity index (χ0) is 16.0. The second-order valence-electron chi connectivity index (χ2n) is 5.44. The van der Waals surface area contributed by atoms with Crippen LogP contribution < -0.4 is 10.5 Å². The molecule has 0 aliphatic heterocycles. The lowest BCUT2D eigenvalue weighted by molar-refractivity contribution is 0.415. The molecule has 0 saturated carbocycles. The second-order valence-corrected chi connectivity index (χ2v) is 5.44. The molecule has 4 rings (SSSR count). The van der Waals surface area contributed by atoms with Crippen molar-refractivity contribution in [3.8, 4) is 16.9 Å². The number of rotatable bonds is 2. The van der Waals surface area contributed by atoms with Crippen LogP contribution in [-0.2, 0) is 0 Å². The van der Waals surface area contributed by atoms with Crippen molar-refractivity contribution >= 4 is 22.2 Å². The van der Waals surface area contributed by atoms with Crippen molar-refractivity contribution in [3.63, 3.8) is 0 Å². The Kier molecular flexibility index (Phi) is 2.94. The molecule has 2 N–H and O–H groups in total. The fourth-order valence-electron chi connectivity index (χ4n) is 3.05. The van der Waals surface area contributed by atoms with E-state index in [1.54, 1.807) is 7.11 Å². The Labute approximate surface area is 133 Å². The molecule has 0 amide bonds. The number of ether oxygens (including phenoxy) is 1. The molecule has 0 aliphatic rings. The fourth-order valence-corrected chi connectivity index (χ4v) is 3.05. The van der Waals surface area contributed by atoms with E-state index in [2.05, 4.69) is 22.3 Å². The van der Waals surface area contributed by atoms with Gasteiger partial charge in [-0.2, -0.15) is 0 Å². The Balaban J connectivity index is 2.18. The Hall–Kier alpha value is -3.08. The molecule has 5 heteroatoms. The lowest BCUT2D eigenvalue weighted by Gasteiger charge is -2.14. The quantitative estimate of drug-likeness (QED) is 0.616. The molecule has 0 bridgehead atoms. The molecule has 5 nitrogen and oxygen atoms in total. The van der Waals surface area contributed by atoms with Gasteiger partial charge in [-0.1, -0.05) is 30.3 Å². The Morgan fingerprint density at radius 2 is 1.87 bits per heavy atom. The lowest BCUT2D eigenvalue weighted by Crippen LogP contribution is -2.00. The zero-order valence-corrected chi connectivity index (χ0v) is 12.9. The standard InChI is InChI=1S/C18H16N4O/c1-11-20-21-18-17(19)16(12-6-5-7-13(10-12)23-2)14-8-3-4-9-15(14)22(11)18/h3-10H,19H2,1-2H3. The molecule has 2 heterocycles. The fraction of sp³-hybridized carbons (Fsp3) is 0.111. The van der Waals surface area contributed by atoms with Gasteiger partial charge in [0.15, 0.2) is 5.65 Å². The molecule has 0 radical (unpaired) electrons. The summed E-state index contributed by atoms with van der Waals surface area (Å²) in [6, 6.07) is 16.0. The van der Waals surface area contributed by atoms with Crippen LogP contribution in [0.5, 0.6) is 5.75 Å². The first kappa shape index (κ1) is 13.6. The molecule has 23 heavy (non-hydrogen) atoms. The van der Waals surface area contributed by atoms with Crippen molar-refractivity contribution in [2.24, 2.45) is 0 Å². The number of methoxy groups -OCH3 is 1. The molecule has 0 unspecified atom stereocenters. The zero-order valence-electron chi connectivity index (χ0n) is 12.9. The predicted molar refractivity (Wildman–Crippen MR) is 91.6 cm³/mol. The van der Waals surface area contributed by atoms with E-state index in [1.807, 2.05) is 47.7 Å². The van der Waals surface area contributed by atoms with E-state index in [9.17, 15) is 0 Å². The number of aromatic nitrogens is 3. The predicted octanol–water partition coefficient (Wildman–Crippen LogP) is 3.45. The molecule has 114 valence electrons. The van der Waals surface area contributed by atoms with Gasteiger partial charge in [0.1, 0.15) is 11.6 Å². The van der Waals surface area contributed by atoms with Gasteiger partial charge < -0.3 is 10.5 Å². The first-order valence-electron chi connectivity index (χ1n) is 7.37. The highest BCUT2D eigenvalue weighted by molar-refractivity contribution is 6.05. The van der Waals surface area contributed by atoms with Gasteiger partial charge in [-0.3, -0.25) is 4.40 Å². The highest BCUT2D eigenvalue weighted by Crippen LogP contribution is 2.37. The molecule has 0 fully saturated rings. The normalized spacial score (nSPS) is 11.2. The maximum absolute atomic E-state index is 6.46. The number of fused-ring (bicyclic) bond motifs is 3. The average Bonchev–Trinajstić information content (AvgIpc) is 2.98. The van der Waals surface area contributed by atoms with E-state index in [4.69, 9.17) is 10.5 Å². The monoisotopic (exact) mass is 304 g/mol. The summed E-state index contributed by atoms with van der Waals surface area (Å²) in [5.41, 5.74) is 10.8. The number of hydrogen-bond donors (Lipinski definition) is 1. The van der Waals surface area contributed by atoms with Crippen molar-refractivity contribution < 1.29 is 4.74 Å². The summed E-state index contributed by atoms with van der Waals surface area (Å²) in [7, 11) is 1.66. The Bertz CT molecular complexity index is 1040. The number of pyridine rings is 1. The van der Waals surface area contributed by atoms with Gasteiger partial charge in [-0.15, -0.1) is 10.2 Å². The van der Waals surface area contributed by atoms with Gasteiger partial charge in [0.25, 0.3) is 0 Å². The molecule has 2 aromatic carbocycles. The summed E-state index contributed by atoms with van der Waals surface area (Å²) in [6.45, 7) is 1.93. The molecule has 4 aromatic rings. The van der Waals surface area contributed by atoms with Gasteiger partial charge in [0.05, 0.1) is 18.3 Å². The van der Waals surface area contributed by atoms with Crippen LogP contribution in [0.15, 0.2) is 48.5 Å². The molecular weight excluding hydrogens is 288 g/mol. The molecule has 2 aromatic heterocycles. The summed E-state index contributed by atoms with van der Waals surface area (Å²) in [4.78, 5) is 0. The van der Waals surface area contributed by atoms with Crippen LogP contribution in [0.25, 0.3) is 27.7 Å². The number of nitrogen functional groups attached to an aromatic ring is 1. The largest absolute Gasteiger partial charge is 0.497 e. The van der Waals surface area contributed by atoms with Crippen molar-refractivity contribution in [3.05, 3.63) is 54.4 Å². The Morgan fingerprint density at radius 1 is 1.04 bits per heavy atom. The van der Waals surface area contributed by atoms with Crippen molar-refractivity contribution in [1.29, 1.82) is 0 Å². The van der Waals surface area contributed by atoms with Crippen LogP contribution in [0.4, 0.5) is 5.69 Å². The van der Waals surface area contributed by atoms with Crippen LogP contribution in [0, 0.1) is 6.92 Å². The highest BCUT2D eigenvalue weighted by atomic mass is 16.5. The maximum atomic E-state index is 6.46. The van der Waals surface area contributed by atoms with Crippen LogP contribution >= 0.6 is 0 Å². The number of anilines is 1. The summed E-state index contributed by atoms with van der Waals surface area (Å²) in [5.74, 6) is 1.61. The summed E-state index contributed by atoms with van der Waals surface area (Å²) in [5, 5.41) is 9.50. The molecule has 0 spiro atoms. The summed E-state index contributed by atoms with van der Waals surface area (Å²) >= 11 is 0. The van der Waals surface area contributed by atoms with Crippen LogP contribution in [0.1, 0.15) is 5.82 Å². The van der Waals surface area contributed by atoms with Gasteiger partial charge in [-0.05, 0) is 30.7 Å². The van der Waals surface area contributed by atoms with Crippen LogP contribution in [-0.4, -0.2) is 21.7 Å². The molecule has 0 atom stereocenters. The number of benzene rings is 2. The van der Waals surface area contributed by atoms with Gasteiger partial charge in [-0.25, -0.2) is 0 Å². The highest BCUT2D eigenvalue weighted by Gasteiger charge is 2.17. The number of hydrogen-bond acceptors (Lipinski definition) is 4. The van der Waals surface area contributed by atoms with Crippen LogP contribution in [0.2, 0.25) is 0 Å². The molecule has 0 saturated heterocycles. The summed E-state index contributed by atoms with van der Waals surface area (Å²) < 4.78 is 7.34. The number of aryl methyl sites for hydroxylation is 1. The summed E-state index contributed by atoms with van der Waals surface area (Å²) in [6.07, 6.45) is 0. The second kappa shape index (κ2) is 4.98. The minimum absolute atomic E-state index is 0.623. The number of nitrogens with two attached hydrogens (primary N) is 1. The third kappa shape index (κ3) is 1.93. The minimum atomic E-state index is 0.623. The van der Waals surface area contributed by atoms with Crippen LogP contribution in [0.3, 0.4) is 0 Å². The number of nitrogens with zero attached hydrogens (tertiary/aromatic N) is 3. The smallest absolute Gasteiger partial charge is 0.185 e. The van der Waals surface area contributed by atoms with Crippen molar-refractivity contribution in [2.75, 3.05) is 12.8 Å². The average molecular weight is 304 g/mol. The number of para-hydroxylation sites is 1. The third-order valence-corrected chi connectivity index (χ3v) is 4.11. The van der Waals surface area contributed by atoms with E-state index >= 15 is 0 Å². The van der Waals surface area contributed by atoms with E-state index in [0.717, 1.165) is 33.6 Å².